The van der Waals surface area contributed by atoms with Crippen LogP contribution in [0.4, 0.5) is 8.87 Å². The molecule has 0 atom stereocenters. The lowest BCUT2D eigenvalue weighted by Gasteiger charge is -2.27. The maximum absolute atomic E-state index is 13.0. The van der Waals surface area contributed by atoms with Gasteiger partial charge >= 0.3 is 0 Å². The van der Waals surface area contributed by atoms with Gasteiger partial charge in [-0.3, -0.25) is 0 Å². The highest BCUT2D eigenvalue weighted by atomic mass is 19.2. The van der Waals surface area contributed by atoms with E-state index in [-0.39, 0.29) is 5.34 Å². The molecule has 0 unspecified atom stereocenters. The van der Waals surface area contributed by atoms with Crippen LogP contribution in [0.1, 0.15) is 39.5 Å². The molecular weight excluding hydrogens is 226 g/mol. The van der Waals surface area contributed by atoms with E-state index in [0.29, 0.717) is 5.84 Å². The van der Waals surface area contributed by atoms with Gasteiger partial charge in [-0.15, -0.1) is 5.10 Å². The van der Waals surface area contributed by atoms with E-state index in [1.54, 1.807) is 0 Å². The van der Waals surface area contributed by atoms with Crippen molar-refractivity contribution in [2.24, 2.45) is 5.10 Å². The Balaban J connectivity index is 2.66. The Labute approximate surface area is 101 Å². The Morgan fingerprint density at radius 3 is 2.35 bits per heavy atom. The number of hydrogen-bond acceptors (Lipinski definition) is 4. The third-order valence-corrected chi connectivity index (χ3v) is 2.53. The highest BCUT2D eigenvalue weighted by Gasteiger charge is 2.17. The number of amidine groups is 1. The van der Waals surface area contributed by atoms with Crippen molar-refractivity contribution in [3.8, 4) is 0 Å². The van der Waals surface area contributed by atoms with E-state index in [9.17, 15) is 8.87 Å². The summed E-state index contributed by atoms with van der Waals surface area (Å²) in [5.41, 5.74) is 1.82. The molecule has 17 heavy (non-hydrogen) atoms. The molecule has 1 rings (SSSR count). The molecule has 1 N–H and O–H groups in total. The average molecular weight is 246 g/mol. The van der Waals surface area contributed by atoms with Crippen molar-refractivity contribution in [2.75, 3.05) is 13.1 Å². The fourth-order valence-corrected chi connectivity index (χ4v) is 1.57. The van der Waals surface area contributed by atoms with E-state index in [4.69, 9.17) is 0 Å². The van der Waals surface area contributed by atoms with Crippen molar-refractivity contribution in [3.05, 3.63) is 12.0 Å². The van der Waals surface area contributed by atoms with Gasteiger partial charge in [-0.2, -0.15) is 4.39 Å². The number of hydrazone groups is 1. The first-order valence-electron chi connectivity index (χ1n) is 6.10. The second-order valence-corrected chi connectivity index (χ2v) is 4.02. The van der Waals surface area contributed by atoms with Gasteiger partial charge < -0.3 is 4.90 Å². The molecule has 0 aliphatic carbocycles. The Morgan fingerprint density at radius 2 is 1.88 bits per heavy atom. The van der Waals surface area contributed by atoms with E-state index in [1.165, 1.54) is 6.08 Å². The molecule has 0 fully saturated rings. The van der Waals surface area contributed by atoms with E-state index >= 15 is 0 Å². The highest BCUT2D eigenvalue weighted by Crippen LogP contribution is 2.09. The van der Waals surface area contributed by atoms with Gasteiger partial charge in [-0.1, -0.05) is 31.2 Å². The van der Waals surface area contributed by atoms with E-state index in [1.807, 2.05) is 10.3 Å². The minimum absolute atomic E-state index is 0.0877. The molecule has 1 aliphatic rings. The molecule has 0 aromatic carbocycles. The zero-order valence-corrected chi connectivity index (χ0v) is 10.4. The van der Waals surface area contributed by atoms with Gasteiger partial charge in [0.25, 0.3) is 0 Å². The minimum Gasteiger partial charge on any atom is -0.355 e. The van der Waals surface area contributed by atoms with Crippen LogP contribution < -0.4 is 5.43 Å². The summed E-state index contributed by atoms with van der Waals surface area (Å²) in [6.45, 7) is 5.71. The summed E-state index contributed by atoms with van der Waals surface area (Å²) in [6.07, 6.45) is 5.27. The van der Waals surface area contributed by atoms with Crippen molar-refractivity contribution < 1.29 is 8.87 Å². The van der Waals surface area contributed by atoms with E-state index < -0.39 is 5.95 Å². The first-order valence-corrected chi connectivity index (χ1v) is 6.10. The second-order valence-electron chi connectivity index (χ2n) is 4.02. The fraction of sp³-hybridized carbons (Fsp3) is 0.727. The molecule has 1 heterocycles. The average Bonchev–Trinajstić information content (AvgIpc) is 2.28. The SMILES string of the molecule is CCCCN(CCCC)C1=NN(F)NC(F)=C1. The summed E-state index contributed by atoms with van der Waals surface area (Å²) in [4.78, 5) is 1.92. The number of rotatable bonds is 6. The lowest BCUT2D eigenvalue weighted by Crippen LogP contribution is -2.38. The molecule has 4 nitrogen and oxygen atoms in total. The monoisotopic (exact) mass is 246 g/mol. The van der Waals surface area contributed by atoms with Crippen molar-refractivity contribution in [1.29, 1.82) is 0 Å². The van der Waals surface area contributed by atoms with Gasteiger partial charge in [-0.25, -0.2) is 5.43 Å². The van der Waals surface area contributed by atoms with Crippen LogP contribution in [0.15, 0.2) is 17.1 Å². The predicted molar refractivity (Wildman–Crippen MR) is 64.1 cm³/mol. The van der Waals surface area contributed by atoms with Crippen LogP contribution in [-0.4, -0.2) is 29.2 Å². The largest absolute Gasteiger partial charge is 0.355 e. The van der Waals surface area contributed by atoms with Crippen LogP contribution in [0.3, 0.4) is 0 Å². The zero-order valence-electron chi connectivity index (χ0n) is 10.4. The Bertz CT molecular complexity index is 283. The molecule has 0 spiro atoms. The smallest absolute Gasteiger partial charge is 0.212 e. The van der Waals surface area contributed by atoms with Crippen LogP contribution in [0, 0.1) is 0 Å². The molecule has 0 aromatic rings. The maximum atomic E-state index is 13.0. The van der Waals surface area contributed by atoms with Gasteiger partial charge in [-0.05, 0) is 18.2 Å². The topological polar surface area (TPSA) is 30.9 Å². The number of halogens is 2. The third-order valence-electron chi connectivity index (χ3n) is 2.53. The second kappa shape index (κ2) is 7.09. The number of nitrogens with zero attached hydrogens (tertiary/aromatic N) is 3. The highest BCUT2D eigenvalue weighted by molar-refractivity contribution is 5.93. The third kappa shape index (κ3) is 4.58. The van der Waals surface area contributed by atoms with Gasteiger partial charge in [0.15, 0.2) is 5.84 Å². The fourth-order valence-electron chi connectivity index (χ4n) is 1.57. The zero-order chi connectivity index (χ0) is 12.7. The molecule has 0 bridgehead atoms. The van der Waals surface area contributed by atoms with Gasteiger partial charge in [0.1, 0.15) is 0 Å². The molecular formula is C11H20F2N4. The van der Waals surface area contributed by atoms with Crippen LogP contribution >= 0.6 is 0 Å². The maximum Gasteiger partial charge on any atom is 0.212 e. The first kappa shape index (κ1) is 13.7. The quantitative estimate of drug-likeness (QED) is 0.577. The van der Waals surface area contributed by atoms with Gasteiger partial charge in [0.05, 0.1) is 0 Å². The van der Waals surface area contributed by atoms with Crippen LogP contribution in [0.25, 0.3) is 0 Å². The summed E-state index contributed by atoms with van der Waals surface area (Å²) in [5.74, 6) is -0.388. The van der Waals surface area contributed by atoms with Crippen LogP contribution in [0.5, 0.6) is 0 Å². The van der Waals surface area contributed by atoms with Crippen LogP contribution in [-0.2, 0) is 0 Å². The first-order chi connectivity index (χ1) is 8.17. The summed E-state index contributed by atoms with van der Waals surface area (Å²) in [5, 5.41) is 3.53. The molecule has 0 saturated carbocycles. The summed E-state index contributed by atoms with van der Waals surface area (Å²) in [7, 11) is 0. The van der Waals surface area contributed by atoms with Crippen molar-refractivity contribution >= 4 is 5.84 Å². The van der Waals surface area contributed by atoms with Crippen molar-refractivity contribution in [1.82, 2.24) is 15.7 Å². The summed E-state index contributed by atoms with van der Waals surface area (Å²) in [6, 6.07) is 0. The molecule has 0 amide bonds. The number of hydrazine groups is 1. The molecule has 98 valence electrons. The normalized spacial score (nSPS) is 15.2. The molecule has 0 radical (unpaired) electrons. The van der Waals surface area contributed by atoms with Crippen molar-refractivity contribution in [3.63, 3.8) is 0 Å². The summed E-state index contributed by atoms with van der Waals surface area (Å²) >= 11 is 0. The van der Waals surface area contributed by atoms with Crippen molar-refractivity contribution in [2.45, 2.75) is 39.5 Å². The molecule has 6 heteroatoms. The van der Waals surface area contributed by atoms with Crippen LogP contribution in [0.2, 0.25) is 0 Å². The Hall–Kier alpha value is -1.33. The van der Waals surface area contributed by atoms with E-state index in [0.717, 1.165) is 38.8 Å². The van der Waals surface area contributed by atoms with Gasteiger partial charge in [0, 0.05) is 19.2 Å². The number of hydrogen-bond donors (Lipinski definition) is 1. The number of unbranched alkanes of at least 4 members (excludes halogenated alkanes) is 2. The lowest BCUT2D eigenvalue weighted by molar-refractivity contribution is -0.0294. The number of nitrogens with one attached hydrogen (secondary N) is 1. The standard InChI is InChI=1S/C11H20F2N4/c1-3-5-7-16(8-6-4-2)11-9-10(12)14-17(13)15-11/h9,14H,3-8H2,1-2H3. The Kier molecular flexibility index (Phi) is 5.72. The van der Waals surface area contributed by atoms with Gasteiger partial charge in [0.2, 0.25) is 5.95 Å². The molecule has 0 saturated heterocycles. The minimum atomic E-state index is -0.726. The molecule has 0 aromatic heterocycles. The molecule has 1 aliphatic heterocycles. The summed E-state index contributed by atoms with van der Waals surface area (Å²) < 4.78 is 26.0. The lowest BCUT2D eigenvalue weighted by atomic mass is 10.2. The Morgan fingerprint density at radius 1 is 1.29 bits per heavy atom. The predicted octanol–water partition coefficient (Wildman–Crippen LogP) is 2.72. The van der Waals surface area contributed by atoms with E-state index in [2.05, 4.69) is 18.9 Å².